The molecule has 3 nitrogen and oxygen atoms in total. The maximum absolute atomic E-state index is 12.2. The highest BCUT2D eigenvalue weighted by atomic mass is 32.2. The molecule has 21 heavy (non-hydrogen) atoms. The van der Waals surface area contributed by atoms with Gasteiger partial charge in [-0.05, 0) is 43.7 Å². The van der Waals surface area contributed by atoms with E-state index in [4.69, 9.17) is 0 Å². The van der Waals surface area contributed by atoms with Crippen molar-refractivity contribution in [1.29, 1.82) is 0 Å². The summed E-state index contributed by atoms with van der Waals surface area (Å²) < 4.78 is 0. The predicted molar refractivity (Wildman–Crippen MR) is 86.7 cm³/mol. The first kappa shape index (κ1) is 14.2. The van der Waals surface area contributed by atoms with Crippen LogP contribution in [0.5, 0.6) is 0 Å². The number of benzene rings is 2. The Morgan fingerprint density at radius 1 is 1.10 bits per heavy atom. The minimum Gasteiger partial charge on any atom is -0.324 e. The quantitative estimate of drug-likeness (QED) is 0.907. The number of rotatable bonds is 4. The van der Waals surface area contributed by atoms with Crippen LogP contribution in [0.4, 0.5) is 5.69 Å². The van der Waals surface area contributed by atoms with Crippen LogP contribution in [0.1, 0.15) is 12.8 Å². The predicted octanol–water partition coefficient (Wildman–Crippen LogP) is 3.53. The van der Waals surface area contributed by atoms with Crippen LogP contribution in [0.2, 0.25) is 0 Å². The smallest absolute Gasteiger partial charge is 0.241 e. The van der Waals surface area contributed by atoms with Crippen molar-refractivity contribution in [2.45, 2.75) is 28.7 Å². The lowest BCUT2D eigenvalue weighted by Gasteiger charge is -2.14. The van der Waals surface area contributed by atoms with Crippen LogP contribution in [-0.2, 0) is 4.79 Å². The third kappa shape index (κ3) is 3.65. The van der Waals surface area contributed by atoms with E-state index in [1.165, 1.54) is 0 Å². The van der Waals surface area contributed by atoms with Crippen molar-refractivity contribution in [1.82, 2.24) is 5.32 Å². The van der Waals surface area contributed by atoms with Gasteiger partial charge in [-0.1, -0.05) is 42.1 Å². The lowest BCUT2D eigenvalue weighted by molar-refractivity contribution is -0.117. The number of para-hydroxylation sites is 1. The molecule has 1 aliphatic heterocycles. The Kier molecular flexibility index (Phi) is 4.58. The normalized spacial score (nSPS) is 17.6. The monoisotopic (exact) mass is 298 g/mol. The van der Waals surface area contributed by atoms with E-state index < -0.39 is 0 Å². The molecule has 0 aliphatic carbocycles. The molecule has 2 N–H and O–H groups in total. The number of carbonyl (C=O) groups excluding carboxylic acids is 1. The van der Waals surface area contributed by atoms with Gasteiger partial charge in [0.2, 0.25) is 5.91 Å². The van der Waals surface area contributed by atoms with Crippen molar-refractivity contribution in [2.75, 3.05) is 11.9 Å². The van der Waals surface area contributed by atoms with Gasteiger partial charge in [-0.15, -0.1) is 0 Å². The van der Waals surface area contributed by atoms with Crippen LogP contribution in [0, 0.1) is 0 Å². The molecule has 4 heteroatoms. The molecule has 2 aromatic carbocycles. The highest BCUT2D eigenvalue weighted by molar-refractivity contribution is 7.99. The van der Waals surface area contributed by atoms with Gasteiger partial charge in [0.1, 0.15) is 0 Å². The number of carbonyl (C=O) groups is 1. The number of nitrogens with one attached hydrogen (secondary N) is 2. The average molecular weight is 298 g/mol. The number of hydrogen-bond acceptors (Lipinski definition) is 3. The molecule has 108 valence electrons. The van der Waals surface area contributed by atoms with Crippen molar-refractivity contribution < 1.29 is 4.79 Å². The lowest BCUT2D eigenvalue weighted by Crippen LogP contribution is -2.35. The van der Waals surface area contributed by atoms with Crippen molar-refractivity contribution >= 4 is 23.4 Å². The minimum atomic E-state index is -0.0558. The number of anilines is 1. The van der Waals surface area contributed by atoms with Gasteiger partial charge in [-0.2, -0.15) is 0 Å². The van der Waals surface area contributed by atoms with Gasteiger partial charge < -0.3 is 10.6 Å². The minimum absolute atomic E-state index is 0.0558. The molecule has 1 heterocycles. The SMILES string of the molecule is O=C(Nc1ccccc1Sc1ccccc1)C1CCCN1. The molecule has 1 saturated heterocycles. The molecule has 1 fully saturated rings. The standard InChI is InChI=1S/C17H18N2OS/c20-17(15-10-6-12-18-15)19-14-9-4-5-11-16(14)21-13-7-2-1-3-8-13/h1-5,7-9,11,15,18H,6,10,12H2,(H,19,20). The summed E-state index contributed by atoms with van der Waals surface area (Å²) in [5, 5.41) is 6.28. The molecule has 2 aromatic rings. The second-order valence-corrected chi connectivity index (χ2v) is 6.16. The van der Waals surface area contributed by atoms with Crippen LogP contribution in [-0.4, -0.2) is 18.5 Å². The van der Waals surface area contributed by atoms with E-state index in [2.05, 4.69) is 22.8 Å². The third-order valence-corrected chi connectivity index (χ3v) is 4.58. The fourth-order valence-electron chi connectivity index (χ4n) is 2.40. The molecule has 1 atom stereocenters. The summed E-state index contributed by atoms with van der Waals surface area (Å²) in [7, 11) is 0. The molecular formula is C17H18N2OS. The summed E-state index contributed by atoms with van der Waals surface area (Å²) >= 11 is 1.66. The van der Waals surface area contributed by atoms with Gasteiger partial charge in [0.25, 0.3) is 0 Å². The Morgan fingerprint density at radius 3 is 2.62 bits per heavy atom. The van der Waals surface area contributed by atoms with Gasteiger partial charge in [-0.25, -0.2) is 0 Å². The molecular weight excluding hydrogens is 280 g/mol. The number of amides is 1. The van der Waals surface area contributed by atoms with E-state index in [9.17, 15) is 4.79 Å². The molecule has 3 rings (SSSR count). The third-order valence-electron chi connectivity index (χ3n) is 3.49. The zero-order valence-electron chi connectivity index (χ0n) is 11.7. The average Bonchev–Trinajstić information content (AvgIpc) is 3.05. The molecule has 0 radical (unpaired) electrons. The summed E-state index contributed by atoms with van der Waals surface area (Å²) in [6.07, 6.45) is 1.98. The van der Waals surface area contributed by atoms with E-state index in [1.807, 2.05) is 42.5 Å². The molecule has 1 aliphatic rings. The molecule has 1 unspecified atom stereocenters. The Labute approximate surface area is 129 Å². The van der Waals surface area contributed by atoms with Gasteiger partial charge in [0, 0.05) is 9.79 Å². The Morgan fingerprint density at radius 2 is 1.86 bits per heavy atom. The van der Waals surface area contributed by atoms with Gasteiger partial charge >= 0.3 is 0 Å². The molecule has 0 saturated carbocycles. The van der Waals surface area contributed by atoms with Crippen LogP contribution in [0.25, 0.3) is 0 Å². The van der Waals surface area contributed by atoms with Gasteiger partial charge in [0.05, 0.1) is 11.7 Å². The summed E-state index contributed by atoms with van der Waals surface area (Å²) in [6.45, 7) is 0.929. The van der Waals surface area contributed by atoms with Gasteiger partial charge in [0.15, 0.2) is 0 Å². The van der Waals surface area contributed by atoms with E-state index in [1.54, 1.807) is 11.8 Å². The van der Waals surface area contributed by atoms with Crippen LogP contribution in [0.3, 0.4) is 0 Å². The highest BCUT2D eigenvalue weighted by Gasteiger charge is 2.22. The molecule has 1 amide bonds. The second kappa shape index (κ2) is 6.78. The summed E-state index contributed by atoms with van der Waals surface area (Å²) in [5.74, 6) is 0.0635. The van der Waals surface area contributed by atoms with Crippen molar-refractivity contribution in [3.8, 4) is 0 Å². The van der Waals surface area contributed by atoms with Crippen molar-refractivity contribution in [2.24, 2.45) is 0 Å². The Hall–Kier alpha value is -1.78. The van der Waals surface area contributed by atoms with E-state index >= 15 is 0 Å². The van der Waals surface area contributed by atoms with Crippen LogP contribution in [0.15, 0.2) is 64.4 Å². The van der Waals surface area contributed by atoms with Gasteiger partial charge in [-0.3, -0.25) is 4.79 Å². The Bertz CT molecular complexity index is 609. The van der Waals surface area contributed by atoms with Crippen LogP contribution < -0.4 is 10.6 Å². The summed E-state index contributed by atoms with van der Waals surface area (Å²) in [5.41, 5.74) is 0.880. The van der Waals surface area contributed by atoms with E-state index in [-0.39, 0.29) is 11.9 Å². The maximum atomic E-state index is 12.2. The van der Waals surface area contributed by atoms with Crippen molar-refractivity contribution in [3.63, 3.8) is 0 Å². The zero-order valence-corrected chi connectivity index (χ0v) is 12.5. The fourth-order valence-corrected chi connectivity index (χ4v) is 3.33. The van der Waals surface area contributed by atoms with E-state index in [0.717, 1.165) is 34.9 Å². The second-order valence-electron chi connectivity index (χ2n) is 5.05. The topological polar surface area (TPSA) is 41.1 Å². The highest BCUT2D eigenvalue weighted by Crippen LogP contribution is 2.33. The first-order valence-electron chi connectivity index (χ1n) is 7.19. The lowest BCUT2D eigenvalue weighted by atomic mass is 10.2. The summed E-state index contributed by atoms with van der Waals surface area (Å²) in [6, 6.07) is 18.1. The maximum Gasteiger partial charge on any atom is 0.241 e. The molecule has 0 bridgehead atoms. The first-order chi connectivity index (χ1) is 10.3. The van der Waals surface area contributed by atoms with E-state index in [0.29, 0.717) is 0 Å². The largest absolute Gasteiger partial charge is 0.324 e. The van der Waals surface area contributed by atoms with Crippen molar-refractivity contribution in [3.05, 3.63) is 54.6 Å². The molecule has 0 aromatic heterocycles. The fraction of sp³-hybridized carbons (Fsp3) is 0.235. The zero-order chi connectivity index (χ0) is 14.5. The molecule has 0 spiro atoms. The number of hydrogen-bond donors (Lipinski definition) is 2. The summed E-state index contributed by atoms with van der Waals surface area (Å²) in [4.78, 5) is 14.5. The first-order valence-corrected chi connectivity index (χ1v) is 8.01. The van der Waals surface area contributed by atoms with Crippen LogP contribution >= 0.6 is 11.8 Å². The Balaban J connectivity index is 1.74.